The predicted molar refractivity (Wildman–Crippen MR) is 123 cm³/mol. The number of rotatable bonds is 8. The fourth-order valence-corrected chi connectivity index (χ4v) is 4.54. The number of carbonyl (C=O) groups excluding carboxylic acids is 2. The number of benzene rings is 2. The first-order valence-corrected chi connectivity index (χ1v) is 11.4. The largest absolute Gasteiger partial charge is 0.462 e. The number of ether oxygens (including phenoxy) is 1. The third-order valence-corrected chi connectivity index (χ3v) is 6.01. The van der Waals surface area contributed by atoms with Gasteiger partial charge in [0.2, 0.25) is 5.91 Å². The fraction of sp³-hybridized carbons (Fsp3) is 0.261. The lowest BCUT2D eigenvalue weighted by molar-refractivity contribution is -0.115. The molecule has 1 N–H and O–H groups in total. The molecule has 0 atom stereocenters. The van der Waals surface area contributed by atoms with Crippen LogP contribution in [0.3, 0.4) is 0 Å². The molecule has 0 fully saturated rings. The summed E-state index contributed by atoms with van der Waals surface area (Å²) < 4.78 is 5.16. The predicted octanol–water partition coefficient (Wildman–Crippen LogP) is 5.67. The molecule has 5 nitrogen and oxygen atoms in total. The smallest absolute Gasteiger partial charge is 0.350 e. The van der Waals surface area contributed by atoms with Gasteiger partial charge in [-0.1, -0.05) is 67.6 Å². The van der Waals surface area contributed by atoms with Crippen LogP contribution in [0, 0.1) is 0 Å². The van der Waals surface area contributed by atoms with Crippen LogP contribution in [0.1, 0.15) is 36.0 Å². The van der Waals surface area contributed by atoms with Gasteiger partial charge in [-0.3, -0.25) is 4.79 Å². The number of nitrogens with zero attached hydrogens (tertiary/aromatic N) is 1. The summed E-state index contributed by atoms with van der Waals surface area (Å²) in [5, 5.41) is 3.71. The topological polar surface area (TPSA) is 68.3 Å². The molecule has 2 aromatic carbocycles. The molecule has 30 heavy (non-hydrogen) atoms. The van der Waals surface area contributed by atoms with Crippen molar-refractivity contribution in [3.05, 3.63) is 65.0 Å². The van der Waals surface area contributed by atoms with Crippen molar-refractivity contribution in [1.82, 2.24) is 4.98 Å². The van der Waals surface area contributed by atoms with Crippen molar-refractivity contribution in [2.75, 3.05) is 11.9 Å². The number of amides is 1. The Morgan fingerprint density at radius 3 is 2.43 bits per heavy atom. The molecule has 0 unspecified atom stereocenters. The monoisotopic (exact) mass is 440 g/mol. The molecule has 156 valence electrons. The Morgan fingerprint density at radius 1 is 1.10 bits per heavy atom. The van der Waals surface area contributed by atoms with E-state index in [0.29, 0.717) is 21.0 Å². The van der Waals surface area contributed by atoms with Gasteiger partial charge in [-0.05, 0) is 24.6 Å². The Hall–Kier alpha value is -2.64. The molecule has 0 bridgehead atoms. The fourth-order valence-electron chi connectivity index (χ4n) is 2.81. The molecule has 3 rings (SSSR count). The number of esters is 1. The van der Waals surface area contributed by atoms with Gasteiger partial charge in [-0.2, -0.15) is 0 Å². The number of nitrogens with one attached hydrogen (secondary N) is 1. The van der Waals surface area contributed by atoms with Crippen LogP contribution in [0.4, 0.5) is 5.13 Å². The highest BCUT2D eigenvalue weighted by molar-refractivity contribution is 7.99. The Morgan fingerprint density at radius 2 is 1.80 bits per heavy atom. The van der Waals surface area contributed by atoms with E-state index in [0.717, 1.165) is 22.5 Å². The first-order chi connectivity index (χ1) is 14.5. The highest BCUT2D eigenvalue weighted by Gasteiger charge is 2.21. The molecular weight excluding hydrogens is 416 g/mol. The second kappa shape index (κ2) is 10.4. The van der Waals surface area contributed by atoms with Crippen molar-refractivity contribution in [1.29, 1.82) is 0 Å². The van der Waals surface area contributed by atoms with E-state index < -0.39 is 5.97 Å². The summed E-state index contributed by atoms with van der Waals surface area (Å²) in [5.74, 6) is -0.615. The minimum absolute atomic E-state index is 0.178. The Bertz CT molecular complexity index is 999. The molecule has 3 aromatic rings. The average molecular weight is 441 g/mol. The summed E-state index contributed by atoms with van der Waals surface area (Å²) in [6.07, 6.45) is 0.238. The van der Waals surface area contributed by atoms with Crippen LogP contribution < -0.4 is 5.32 Å². The zero-order valence-electron chi connectivity index (χ0n) is 17.2. The number of carbonyl (C=O) groups is 2. The van der Waals surface area contributed by atoms with Crippen LogP contribution >= 0.6 is 23.1 Å². The zero-order chi connectivity index (χ0) is 21.5. The van der Waals surface area contributed by atoms with Gasteiger partial charge in [-0.15, -0.1) is 11.8 Å². The summed E-state index contributed by atoms with van der Waals surface area (Å²) in [4.78, 5) is 31.0. The van der Waals surface area contributed by atoms with E-state index in [1.54, 1.807) is 18.7 Å². The normalized spacial score (nSPS) is 10.8. The van der Waals surface area contributed by atoms with Gasteiger partial charge in [0.25, 0.3) is 0 Å². The first-order valence-electron chi connectivity index (χ1n) is 9.75. The minimum atomic E-state index is -0.437. The molecule has 1 heterocycles. The van der Waals surface area contributed by atoms with Gasteiger partial charge in [0.05, 0.1) is 18.7 Å². The van der Waals surface area contributed by atoms with Crippen LogP contribution in [-0.4, -0.2) is 28.7 Å². The van der Waals surface area contributed by atoms with Crippen LogP contribution in [-0.2, 0) is 16.0 Å². The van der Waals surface area contributed by atoms with Gasteiger partial charge >= 0.3 is 5.97 Å². The number of anilines is 1. The molecule has 7 heteroatoms. The molecule has 0 saturated heterocycles. The number of hydrogen-bond acceptors (Lipinski definition) is 6. The second-order valence-electron chi connectivity index (χ2n) is 6.82. The quantitative estimate of drug-likeness (QED) is 0.361. The lowest BCUT2D eigenvalue weighted by Crippen LogP contribution is -2.14. The van der Waals surface area contributed by atoms with Crippen LogP contribution in [0.25, 0.3) is 11.3 Å². The zero-order valence-corrected chi connectivity index (χ0v) is 18.8. The van der Waals surface area contributed by atoms with Crippen LogP contribution in [0.15, 0.2) is 59.5 Å². The average Bonchev–Trinajstić information content (AvgIpc) is 3.14. The van der Waals surface area contributed by atoms with Gasteiger partial charge in [-0.25, -0.2) is 9.78 Å². The van der Waals surface area contributed by atoms with E-state index in [2.05, 4.69) is 24.1 Å². The van der Waals surface area contributed by atoms with Crippen molar-refractivity contribution >= 4 is 40.1 Å². The third kappa shape index (κ3) is 5.93. The standard InChI is InChI=1S/C23H24N2O3S2/c1-4-28-22(27)21-20(17-8-6-5-7-9-17)25-23(30-21)24-19(26)14-16-10-12-18(13-11-16)29-15(2)3/h5-13,15H,4,14H2,1-3H3,(H,24,25,26). The van der Waals surface area contributed by atoms with E-state index >= 15 is 0 Å². The molecule has 0 aliphatic carbocycles. The molecule has 1 amide bonds. The third-order valence-electron chi connectivity index (χ3n) is 4.04. The van der Waals surface area contributed by atoms with E-state index in [9.17, 15) is 9.59 Å². The Kier molecular flexibility index (Phi) is 7.65. The minimum Gasteiger partial charge on any atom is -0.462 e. The van der Waals surface area contributed by atoms with Crippen molar-refractivity contribution in [3.8, 4) is 11.3 Å². The molecule has 0 radical (unpaired) electrons. The SMILES string of the molecule is CCOC(=O)c1sc(NC(=O)Cc2ccc(SC(C)C)cc2)nc1-c1ccccc1. The van der Waals surface area contributed by atoms with Gasteiger partial charge in [0.15, 0.2) is 5.13 Å². The van der Waals surface area contributed by atoms with E-state index in [1.165, 1.54) is 4.90 Å². The molecule has 0 aliphatic heterocycles. The first kappa shape index (κ1) is 22.1. The number of thioether (sulfide) groups is 1. The maximum Gasteiger partial charge on any atom is 0.350 e. The number of hydrogen-bond donors (Lipinski definition) is 1. The molecule has 1 aromatic heterocycles. The van der Waals surface area contributed by atoms with Gasteiger partial charge in [0, 0.05) is 15.7 Å². The summed E-state index contributed by atoms with van der Waals surface area (Å²) in [7, 11) is 0. The molecule has 0 saturated carbocycles. The summed E-state index contributed by atoms with van der Waals surface area (Å²) in [6.45, 7) is 6.33. The van der Waals surface area contributed by atoms with E-state index in [-0.39, 0.29) is 18.9 Å². The maximum absolute atomic E-state index is 12.5. The maximum atomic E-state index is 12.5. The number of thiazole rings is 1. The van der Waals surface area contributed by atoms with E-state index in [4.69, 9.17) is 4.74 Å². The van der Waals surface area contributed by atoms with Crippen molar-refractivity contribution in [3.63, 3.8) is 0 Å². The summed E-state index contributed by atoms with van der Waals surface area (Å²) in [6, 6.07) is 17.4. The van der Waals surface area contributed by atoms with E-state index in [1.807, 2.05) is 54.6 Å². The van der Waals surface area contributed by atoms with Crippen molar-refractivity contribution in [2.24, 2.45) is 0 Å². The van der Waals surface area contributed by atoms with Crippen molar-refractivity contribution < 1.29 is 14.3 Å². The molecular formula is C23H24N2O3S2. The molecule has 0 spiro atoms. The van der Waals surface area contributed by atoms with Crippen LogP contribution in [0.5, 0.6) is 0 Å². The lowest BCUT2D eigenvalue weighted by atomic mass is 10.1. The Labute approximate surface area is 184 Å². The Balaban J connectivity index is 1.74. The van der Waals surface area contributed by atoms with Crippen molar-refractivity contribution in [2.45, 2.75) is 37.3 Å². The number of aromatic nitrogens is 1. The van der Waals surface area contributed by atoms with Crippen LogP contribution in [0.2, 0.25) is 0 Å². The summed E-state index contributed by atoms with van der Waals surface area (Å²) >= 11 is 2.91. The molecule has 0 aliphatic rings. The second-order valence-corrected chi connectivity index (χ2v) is 9.47. The van der Waals surface area contributed by atoms with Gasteiger partial charge < -0.3 is 10.1 Å². The lowest BCUT2D eigenvalue weighted by Gasteiger charge is -2.06. The van der Waals surface area contributed by atoms with Gasteiger partial charge in [0.1, 0.15) is 4.88 Å². The highest BCUT2D eigenvalue weighted by Crippen LogP contribution is 2.32. The summed E-state index contributed by atoms with van der Waals surface area (Å²) in [5.41, 5.74) is 2.24. The highest BCUT2D eigenvalue weighted by atomic mass is 32.2.